The maximum absolute atomic E-state index is 12.7. The van der Waals surface area contributed by atoms with Crippen LogP contribution in [0.1, 0.15) is 34.3 Å². The van der Waals surface area contributed by atoms with Crippen LogP contribution >= 0.6 is 11.6 Å². The molecule has 0 fully saturated rings. The fourth-order valence-electron chi connectivity index (χ4n) is 3.39. The first-order valence-corrected chi connectivity index (χ1v) is 10.0. The number of amides is 1. The maximum atomic E-state index is 12.7. The molecule has 4 nitrogen and oxygen atoms in total. The molecule has 0 saturated heterocycles. The summed E-state index contributed by atoms with van der Waals surface area (Å²) in [6.45, 7) is 3.29. The van der Waals surface area contributed by atoms with Gasteiger partial charge >= 0.3 is 0 Å². The first kappa shape index (κ1) is 19.2. The van der Waals surface area contributed by atoms with E-state index in [0.717, 1.165) is 16.5 Å². The minimum Gasteiger partial charge on any atom is -0.351 e. The summed E-state index contributed by atoms with van der Waals surface area (Å²) in [4.78, 5) is 12.7. The van der Waals surface area contributed by atoms with E-state index >= 15 is 0 Å². The van der Waals surface area contributed by atoms with Gasteiger partial charge < -0.3 is 5.32 Å². The van der Waals surface area contributed by atoms with Crippen LogP contribution in [0.3, 0.4) is 0 Å². The van der Waals surface area contributed by atoms with Crippen LogP contribution < -0.4 is 5.32 Å². The van der Waals surface area contributed by atoms with Crippen molar-refractivity contribution in [1.29, 1.82) is 0 Å². The van der Waals surface area contributed by atoms with E-state index in [2.05, 4.69) is 29.5 Å². The van der Waals surface area contributed by atoms with Crippen molar-refractivity contribution in [3.8, 4) is 0 Å². The SMILES string of the molecule is CC(CNC(=O)c1ccc2cnn(Cc3cccc(Cl)c3)c2c1)c1ccccc1. The van der Waals surface area contributed by atoms with Gasteiger partial charge in [0.15, 0.2) is 0 Å². The van der Waals surface area contributed by atoms with Crippen LogP contribution in [0.5, 0.6) is 0 Å². The first-order chi connectivity index (χ1) is 14.1. The Bertz CT molecular complexity index is 1140. The highest BCUT2D eigenvalue weighted by Crippen LogP contribution is 2.19. The molecule has 0 aliphatic rings. The summed E-state index contributed by atoms with van der Waals surface area (Å²) < 4.78 is 1.89. The lowest BCUT2D eigenvalue weighted by atomic mass is 10.0. The quantitative estimate of drug-likeness (QED) is 0.476. The van der Waals surface area contributed by atoms with Gasteiger partial charge in [-0.3, -0.25) is 9.48 Å². The molecule has 0 aliphatic heterocycles. The number of hydrogen-bond acceptors (Lipinski definition) is 2. The van der Waals surface area contributed by atoms with Crippen LogP contribution in [-0.2, 0) is 6.54 Å². The molecule has 1 heterocycles. The number of carbonyl (C=O) groups is 1. The average Bonchev–Trinajstić information content (AvgIpc) is 3.14. The predicted molar refractivity (Wildman–Crippen MR) is 117 cm³/mol. The van der Waals surface area contributed by atoms with Crippen molar-refractivity contribution in [3.63, 3.8) is 0 Å². The van der Waals surface area contributed by atoms with Gasteiger partial charge in [-0.15, -0.1) is 0 Å². The van der Waals surface area contributed by atoms with Gasteiger partial charge in [0.25, 0.3) is 5.91 Å². The number of rotatable bonds is 6. The summed E-state index contributed by atoms with van der Waals surface area (Å²) in [5.74, 6) is 0.169. The van der Waals surface area contributed by atoms with Gasteiger partial charge in [0.2, 0.25) is 0 Å². The first-order valence-electron chi connectivity index (χ1n) is 9.63. The Morgan fingerprint density at radius 3 is 2.69 bits per heavy atom. The Morgan fingerprint density at radius 1 is 1.07 bits per heavy atom. The van der Waals surface area contributed by atoms with Crippen LogP contribution in [0, 0.1) is 0 Å². The van der Waals surface area contributed by atoms with E-state index in [4.69, 9.17) is 11.6 Å². The molecule has 1 amide bonds. The number of benzene rings is 3. The van der Waals surface area contributed by atoms with E-state index < -0.39 is 0 Å². The summed E-state index contributed by atoms with van der Waals surface area (Å²) in [6, 6.07) is 23.6. The van der Waals surface area contributed by atoms with Crippen molar-refractivity contribution >= 4 is 28.4 Å². The number of halogens is 1. The number of carbonyl (C=O) groups excluding carboxylic acids is 1. The highest BCUT2D eigenvalue weighted by molar-refractivity contribution is 6.30. The molecule has 29 heavy (non-hydrogen) atoms. The van der Waals surface area contributed by atoms with Crippen molar-refractivity contribution < 1.29 is 4.79 Å². The Labute approximate surface area is 175 Å². The molecule has 0 spiro atoms. The largest absolute Gasteiger partial charge is 0.351 e. The van der Waals surface area contributed by atoms with Crippen molar-refractivity contribution in [1.82, 2.24) is 15.1 Å². The Morgan fingerprint density at radius 2 is 1.90 bits per heavy atom. The van der Waals surface area contributed by atoms with Gasteiger partial charge in [0, 0.05) is 22.5 Å². The zero-order valence-electron chi connectivity index (χ0n) is 16.2. The smallest absolute Gasteiger partial charge is 0.251 e. The van der Waals surface area contributed by atoms with E-state index in [0.29, 0.717) is 23.7 Å². The summed E-state index contributed by atoms with van der Waals surface area (Å²) in [5.41, 5.74) is 3.83. The number of fused-ring (bicyclic) bond motifs is 1. The molecular formula is C24H22ClN3O. The second-order valence-corrected chi connectivity index (χ2v) is 7.66. The highest BCUT2D eigenvalue weighted by atomic mass is 35.5. The van der Waals surface area contributed by atoms with Crippen LogP contribution in [0.4, 0.5) is 0 Å². The Hall–Kier alpha value is -3.11. The zero-order chi connectivity index (χ0) is 20.2. The minimum absolute atomic E-state index is 0.0785. The number of aromatic nitrogens is 2. The minimum atomic E-state index is -0.0785. The highest BCUT2D eigenvalue weighted by Gasteiger charge is 2.12. The number of nitrogens with zero attached hydrogens (tertiary/aromatic N) is 2. The number of hydrogen-bond donors (Lipinski definition) is 1. The summed E-state index contributed by atoms with van der Waals surface area (Å²) in [5, 5.41) is 9.22. The van der Waals surface area contributed by atoms with Gasteiger partial charge in [-0.05, 0) is 41.3 Å². The van der Waals surface area contributed by atoms with Gasteiger partial charge in [0.05, 0.1) is 18.3 Å². The topological polar surface area (TPSA) is 46.9 Å². The van der Waals surface area contributed by atoms with E-state index in [-0.39, 0.29) is 11.8 Å². The summed E-state index contributed by atoms with van der Waals surface area (Å²) in [7, 11) is 0. The molecule has 3 aromatic carbocycles. The van der Waals surface area contributed by atoms with Crippen molar-refractivity contribution in [2.75, 3.05) is 6.54 Å². The lowest BCUT2D eigenvalue weighted by Gasteiger charge is -2.13. The molecule has 1 aromatic heterocycles. The van der Waals surface area contributed by atoms with Gasteiger partial charge in [-0.1, -0.05) is 67.1 Å². The normalized spacial score (nSPS) is 12.1. The molecule has 0 aliphatic carbocycles. The third-order valence-electron chi connectivity index (χ3n) is 5.07. The monoisotopic (exact) mass is 403 g/mol. The molecule has 0 bridgehead atoms. The second-order valence-electron chi connectivity index (χ2n) is 7.23. The van der Waals surface area contributed by atoms with Gasteiger partial charge in [-0.25, -0.2) is 0 Å². The summed E-state index contributed by atoms with van der Waals surface area (Å²) >= 11 is 6.09. The molecule has 0 radical (unpaired) electrons. The molecule has 4 rings (SSSR count). The third kappa shape index (κ3) is 4.49. The zero-order valence-corrected chi connectivity index (χ0v) is 16.9. The lowest BCUT2D eigenvalue weighted by Crippen LogP contribution is -2.27. The van der Waals surface area contributed by atoms with E-state index in [1.807, 2.05) is 71.5 Å². The van der Waals surface area contributed by atoms with Crippen LogP contribution in [0.15, 0.2) is 79.0 Å². The van der Waals surface area contributed by atoms with Crippen LogP contribution in [0.25, 0.3) is 10.9 Å². The van der Waals surface area contributed by atoms with Crippen LogP contribution in [-0.4, -0.2) is 22.2 Å². The van der Waals surface area contributed by atoms with Crippen molar-refractivity contribution in [2.24, 2.45) is 0 Å². The van der Waals surface area contributed by atoms with Crippen molar-refractivity contribution in [3.05, 3.63) is 101 Å². The van der Waals surface area contributed by atoms with E-state index in [9.17, 15) is 4.79 Å². The average molecular weight is 404 g/mol. The molecule has 1 N–H and O–H groups in total. The standard InChI is InChI=1S/C24H22ClN3O/c1-17(19-7-3-2-4-8-19)14-26-24(29)20-10-11-21-15-27-28(23(21)13-20)16-18-6-5-9-22(25)12-18/h2-13,15,17H,14,16H2,1H3,(H,26,29). The van der Waals surface area contributed by atoms with E-state index in [1.54, 1.807) is 0 Å². The summed E-state index contributed by atoms with van der Waals surface area (Å²) in [6.07, 6.45) is 1.82. The number of nitrogens with one attached hydrogen (secondary N) is 1. The molecule has 5 heteroatoms. The molecule has 146 valence electrons. The maximum Gasteiger partial charge on any atom is 0.251 e. The Kier molecular flexibility index (Phi) is 5.63. The second kappa shape index (κ2) is 8.50. The van der Waals surface area contributed by atoms with Crippen molar-refractivity contribution in [2.45, 2.75) is 19.4 Å². The Balaban J connectivity index is 1.50. The fourth-order valence-corrected chi connectivity index (χ4v) is 3.61. The molecule has 4 aromatic rings. The molecule has 1 atom stereocenters. The van der Waals surface area contributed by atoms with Gasteiger partial charge in [0.1, 0.15) is 0 Å². The lowest BCUT2D eigenvalue weighted by molar-refractivity contribution is 0.0952. The van der Waals surface area contributed by atoms with E-state index in [1.165, 1.54) is 5.56 Å². The molecule has 0 saturated carbocycles. The van der Waals surface area contributed by atoms with Crippen LogP contribution in [0.2, 0.25) is 5.02 Å². The van der Waals surface area contributed by atoms with Gasteiger partial charge in [-0.2, -0.15) is 5.10 Å². The molecular weight excluding hydrogens is 382 g/mol. The predicted octanol–water partition coefficient (Wildman–Crippen LogP) is 5.27. The third-order valence-corrected chi connectivity index (χ3v) is 5.30. The fraction of sp³-hybridized carbons (Fsp3) is 0.167. The molecule has 1 unspecified atom stereocenters.